The highest BCUT2D eigenvalue weighted by Gasteiger charge is 2.26. The van der Waals surface area contributed by atoms with Crippen LogP contribution < -0.4 is 0 Å². The van der Waals surface area contributed by atoms with E-state index in [0.29, 0.717) is 18.8 Å². The molecule has 0 N–H and O–H groups in total. The van der Waals surface area contributed by atoms with Gasteiger partial charge in [0.05, 0.1) is 12.2 Å². The van der Waals surface area contributed by atoms with Crippen molar-refractivity contribution in [2.24, 2.45) is 0 Å². The van der Waals surface area contributed by atoms with Crippen LogP contribution in [-0.2, 0) is 13.1 Å². The minimum Gasteiger partial charge on any atom is -0.330 e. The van der Waals surface area contributed by atoms with Crippen LogP contribution in [0.3, 0.4) is 0 Å². The summed E-state index contributed by atoms with van der Waals surface area (Å²) < 4.78 is 1.78. The van der Waals surface area contributed by atoms with E-state index in [4.69, 9.17) is 0 Å². The SMILES string of the molecule is CCC(C)N(Cc1ccncc1)C(=O)c1nnn(Cc2ccccc2)c1C. The van der Waals surface area contributed by atoms with Gasteiger partial charge in [-0.25, -0.2) is 4.68 Å². The maximum absolute atomic E-state index is 13.2. The van der Waals surface area contributed by atoms with Gasteiger partial charge in [0.2, 0.25) is 0 Å². The Morgan fingerprint density at radius 1 is 1.11 bits per heavy atom. The van der Waals surface area contributed by atoms with Crippen molar-refractivity contribution >= 4 is 5.91 Å². The molecule has 0 bridgehead atoms. The summed E-state index contributed by atoms with van der Waals surface area (Å²) >= 11 is 0. The molecule has 0 aliphatic carbocycles. The van der Waals surface area contributed by atoms with Crippen molar-refractivity contribution in [3.63, 3.8) is 0 Å². The van der Waals surface area contributed by atoms with Crippen LogP contribution in [0.5, 0.6) is 0 Å². The molecule has 0 spiro atoms. The summed E-state index contributed by atoms with van der Waals surface area (Å²) in [7, 11) is 0. The Hall–Kier alpha value is -3.02. The van der Waals surface area contributed by atoms with Gasteiger partial charge >= 0.3 is 0 Å². The first-order chi connectivity index (χ1) is 13.1. The Labute approximate surface area is 159 Å². The summed E-state index contributed by atoms with van der Waals surface area (Å²) in [6.45, 7) is 7.17. The number of nitrogens with zero attached hydrogens (tertiary/aromatic N) is 5. The van der Waals surface area contributed by atoms with E-state index < -0.39 is 0 Å². The first-order valence-corrected chi connectivity index (χ1v) is 9.24. The Morgan fingerprint density at radius 2 is 1.81 bits per heavy atom. The Balaban J connectivity index is 1.83. The molecule has 0 aliphatic heterocycles. The molecule has 0 aliphatic rings. The monoisotopic (exact) mass is 363 g/mol. The van der Waals surface area contributed by atoms with Gasteiger partial charge in [-0.3, -0.25) is 9.78 Å². The van der Waals surface area contributed by atoms with Crippen molar-refractivity contribution in [1.29, 1.82) is 0 Å². The van der Waals surface area contributed by atoms with Crippen LogP contribution in [0, 0.1) is 6.92 Å². The molecular formula is C21H25N5O. The van der Waals surface area contributed by atoms with Gasteiger partial charge in [-0.05, 0) is 43.5 Å². The van der Waals surface area contributed by atoms with E-state index in [1.807, 2.05) is 54.3 Å². The van der Waals surface area contributed by atoms with Crippen molar-refractivity contribution in [3.05, 3.63) is 77.4 Å². The molecule has 0 radical (unpaired) electrons. The number of pyridine rings is 1. The summed E-state index contributed by atoms with van der Waals surface area (Å²) in [4.78, 5) is 19.1. The normalized spacial score (nSPS) is 12.0. The van der Waals surface area contributed by atoms with Gasteiger partial charge in [0, 0.05) is 25.0 Å². The maximum atomic E-state index is 13.2. The molecule has 1 unspecified atom stereocenters. The van der Waals surface area contributed by atoms with Crippen LogP contribution in [0.1, 0.15) is 47.6 Å². The minimum atomic E-state index is -0.0852. The number of rotatable bonds is 7. The number of carbonyl (C=O) groups is 1. The van der Waals surface area contributed by atoms with E-state index >= 15 is 0 Å². The van der Waals surface area contributed by atoms with Crippen molar-refractivity contribution in [1.82, 2.24) is 24.9 Å². The second-order valence-corrected chi connectivity index (χ2v) is 6.71. The molecule has 3 aromatic rings. The van der Waals surface area contributed by atoms with Gasteiger partial charge in [0.25, 0.3) is 5.91 Å². The molecule has 1 aromatic carbocycles. The lowest BCUT2D eigenvalue weighted by atomic mass is 10.1. The highest BCUT2D eigenvalue weighted by Crippen LogP contribution is 2.16. The molecule has 140 valence electrons. The Kier molecular flexibility index (Phi) is 5.96. The third-order valence-corrected chi connectivity index (χ3v) is 4.85. The zero-order chi connectivity index (χ0) is 19.2. The lowest BCUT2D eigenvalue weighted by Gasteiger charge is -2.28. The number of aromatic nitrogens is 4. The van der Waals surface area contributed by atoms with E-state index in [2.05, 4.69) is 29.1 Å². The summed E-state index contributed by atoms with van der Waals surface area (Å²) in [5.41, 5.74) is 3.38. The van der Waals surface area contributed by atoms with Crippen LogP contribution in [0.2, 0.25) is 0 Å². The van der Waals surface area contributed by atoms with Gasteiger partial charge in [-0.2, -0.15) is 0 Å². The van der Waals surface area contributed by atoms with E-state index in [-0.39, 0.29) is 11.9 Å². The van der Waals surface area contributed by atoms with Crippen LogP contribution in [0.25, 0.3) is 0 Å². The predicted octanol–water partition coefficient (Wildman–Crippen LogP) is 3.47. The zero-order valence-electron chi connectivity index (χ0n) is 16.0. The zero-order valence-corrected chi connectivity index (χ0v) is 16.0. The maximum Gasteiger partial charge on any atom is 0.276 e. The molecule has 2 aromatic heterocycles. The highest BCUT2D eigenvalue weighted by molar-refractivity contribution is 5.93. The van der Waals surface area contributed by atoms with E-state index in [0.717, 1.165) is 23.2 Å². The smallest absolute Gasteiger partial charge is 0.276 e. The highest BCUT2D eigenvalue weighted by atomic mass is 16.2. The van der Waals surface area contributed by atoms with Gasteiger partial charge < -0.3 is 4.90 Å². The molecule has 1 amide bonds. The van der Waals surface area contributed by atoms with Gasteiger partial charge in [-0.1, -0.05) is 42.5 Å². The fourth-order valence-corrected chi connectivity index (χ4v) is 2.93. The second-order valence-electron chi connectivity index (χ2n) is 6.71. The first-order valence-electron chi connectivity index (χ1n) is 9.24. The summed E-state index contributed by atoms with van der Waals surface area (Å²) in [6, 6.07) is 14.0. The van der Waals surface area contributed by atoms with E-state index in [1.165, 1.54) is 0 Å². The minimum absolute atomic E-state index is 0.0852. The first kappa shape index (κ1) is 18.8. The molecule has 6 heteroatoms. The fraction of sp³-hybridized carbons (Fsp3) is 0.333. The molecule has 6 nitrogen and oxygen atoms in total. The standard InChI is InChI=1S/C21H25N5O/c1-4-16(2)25(14-19-10-12-22-13-11-19)21(27)20-17(3)26(24-23-20)15-18-8-6-5-7-9-18/h5-13,16H,4,14-15H2,1-3H3. The number of hydrogen-bond acceptors (Lipinski definition) is 4. The van der Waals surface area contributed by atoms with Gasteiger partial charge in [-0.15, -0.1) is 5.10 Å². The van der Waals surface area contributed by atoms with Crippen molar-refractivity contribution < 1.29 is 4.79 Å². The average Bonchev–Trinajstić information content (AvgIpc) is 3.07. The number of carbonyl (C=O) groups excluding carboxylic acids is 1. The third-order valence-electron chi connectivity index (χ3n) is 4.85. The average molecular weight is 363 g/mol. The lowest BCUT2D eigenvalue weighted by Crippen LogP contribution is -2.38. The van der Waals surface area contributed by atoms with E-state index in [9.17, 15) is 4.79 Å². The summed E-state index contributed by atoms with van der Waals surface area (Å²) in [6.07, 6.45) is 4.36. The quantitative estimate of drug-likeness (QED) is 0.645. The Bertz CT molecular complexity index is 876. The molecule has 27 heavy (non-hydrogen) atoms. The number of amides is 1. The van der Waals surface area contributed by atoms with Crippen molar-refractivity contribution in [3.8, 4) is 0 Å². The number of benzene rings is 1. The van der Waals surface area contributed by atoms with Gasteiger partial charge in [0.1, 0.15) is 0 Å². The Morgan fingerprint density at radius 3 is 2.48 bits per heavy atom. The third kappa shape index (κ3) is 4.39. The molecule has 0 fully saturated rings. The summed E-state index contributed by atoms with van der Waals surface area (Å²) in [5.74, 6) is -0.0852. The second kappa shape index (κ2) is 8.58. The molecule has 0 saturated heterocycles. The van der Waals surface area contributed by atoms with Crippen molar-refractivity contribution in [2.45, 2.75) is 46.3 Å². The van der Waals surface area contributed by atoms with Gasteiger partial charge in [0.15, 0.2) is 5.69 Å². The number of hydrogen-bond donors (Lipinski definition) is 0. The largest absolute Gasteiger partial charge is 0.330 e. The van der Waals surface area contributed by atoms with Crippen molar-refractivity contribution in [2.75, 3.05) is 0 Å². The van der Waals surface area contributed by atoms with Crippen LogP contribution in [0.4, 0.5) is 0 Å². The molecular weight excluding hydrogens is 338 g/mol. The van der Waals surface area contributed by atoms with Crippen LogP contribution in [0.15, 0.2) is 54.9 Å². The lowest BCUT2D eigenvalue weighted by molar-refractivity contribution is 0.0664. The molecule has 0 saturated carbocycles. The van der Waals surface area contributed by atoms with Crippen LogP contribution in [-0.4, -0.2) is 36.8 Å². The molecule has 3 rings (SSSR count). The predicted molar refractivity (Wildman–Crippen MR) is 104 cm³/mol. The fourth-order valence-electron chi connectivity index (χ4n) is 2.93. The molecule has 2 heterocycles. The van der Waals surface area contributed by atoms with Crippen LogP contribution >= 0.6 is 0 Å². The topological polar surface area (TPSA) is 63.9 Å². The molecule has 1 atom stereocenters. The summed E-state index contributed by atoms with van der Waals surface area (Å²) in [5, 5.41) is 8.42. The van der Waals surface area contributed by atoms with E-state index in [1.54, 1.807) is 17.1 Å².